The molecule has 0 aromatic heterocycles. The van der Waals surface area contributed by atoms with Crippen molar-refractivity contribution in [2.24, 2.45) is 0 Å². The summed E-state index contributed by atoms with van der Waals surface area (Å²) in [5, 5.41) is 12.0. The highest BCUT2D eigenvalue weighted by atomic mass is 19.1. The predicted molar refractivity (Wildman–Crippen MR) is 73.7 cm³/mol. The monoisotopic (exact) mass is 275 g/mol. The molecule has 0 aliphatic heterocycles. The Morgan fingerprint density at radius 1 is 1.30 bits per heavy atom. The summed E-state index contributed by atoms with van der Waals surface area (Å²) in [7, 11) is 1.58. The van der Waals surface area contributed by atoms with Crippen molar-refractivity contribution in [1.82, 2.24) is 0 Å². The topological polar surface area (TPSA) is 58.6 Å². The van der Waals surface area contributed by atoms with Gasteiger partial charge in [0, 0.05) is 12.2 Å². The van der Waals surface area contributed by atoms with Crippen molar-refractivity contribution in [2.45, 2.75) is 6.54 Å². The molecule has 0 bridgehead atoms. The molecule has 0 unspecified atom stereocenters. The van der Waals surface area contributed by atoms with Gasteiger partial charge in [-0.15, -0.1) is 0 Å². The highest BCUT2D eigenvalue weighted by molar-refractivity contribution is 5.94. The second-order valence-corrected chi connectivity index (χ2v) is 4.20. The lowest BCUT2D eigenvalue weighted by Gasteiger charge is -2.10. The second kappa shape index (κ2) is 6.06. The van der Waals surface area contributed by atoms with Crippen molar-refractivity contribution < 1.29 is 19.0 Å². The Hall–Kier alpha value is -2.56. The van der Waals surface area contributed by atoms with Gasteiger partial charge >= 0.3 is 5.97 Å². The van der Waals surface area contributed by atoms with Crippen LogP contribution in [0.5, 0.6) is 5.75 Å². The molecule has 2 N–H and O–H groups in total. The molecular formula is C15H14FNO3. The van der Waals surface area contributed by atoms with Crippen LogP contribution in [-0.4, -0.2) is 18.2 Å². The molecule has 0 aliphatic carbocycles. The van der Waals surface area contributed by atoms with Crippen LogP contribution in [-0.2, 0) is 6.54 Å². The molecule has 0 amide bonds. The maximum absolute atomic E-state index is 13.1. The van der Waals surface area contributed by atoms with Gasteiger partial charge in [-0.05, 0) is 35.9 Å². The molecule has 104 valence electrons. The van der Waals surface area contributed by atoms with Crippen molar-refractivity contribution in [2.75, 3.05) is 12.4 Å². The van der Waals surface area contributed by atoms with E-state index in [9.17, 15) is 9.18 Å². The van der Waals surface area contributed by atoms with Crippen molar-refractivity contribution >= 4 is 11.7 Å². The minimum absolute atomic E-state index is 0.0899. The van der Waals surface area contributed by atoms with Crippen LogP contribution in [0.25, 0.3) is 0 Å². The zero-order valence-corrected chi connectivity index (χ0v) is 10.9. The smallest absolute Gasteiger partial charge is 0.337 e. The summed E-state index contributed by atoms with van der Waals surface area (Å²) in [5.74, 6) is -1.02. The van der Waals surface area contributed by atoms with Gasteiger partial charge in [-0.1, -0.05) is 12.1 Å². The van der Waals surface area contributed by atoms with Crippen LogP contribution in [0.4, 0.5) is 10.1 Å². The number of hydrogen-bond donors (Lipinski definition) is 2. The number of carboxylic acid groups (broad SMARTS) is 1. The third-order valence-corrected chi connectivity index (χ3v) is 2.83. The van der Waals surface area contributed by atoms with E-state index in [-0.39, 0.29) is 5.56 Å². The number of carbonyl (C=O) groups is 1. The van der Waals surface area contributed by atoms with Crippen LogP contribution in [0.3, 0.4) is 0 Å². The van der Waals surface area contributed by atoms with E-state index in [1.165, 1.54) is 12.1 Å². The minimum atomic E-state index is -1.17. The number of hydrogen-bond acceptors (Lipinski definition) is 3. The van der Waals surface area contributed by atoms with Gasteiger partial charge in [0.2, 0.25) is 0 Å². The molecule has 0 atom stereocenters. The van der Waals surface area contributed by atoms with Gasteiger partial charge in [0.05, 0.1) is 12.7 Å². The highest BCUT2D eigenvalue weighted by Gasteiger charge is 2.11. The van der Waals surface area contributed by atoms with Crippen LogP contribution in [0.2, 0.25) is 0 Å². The Morgan fingerprint density at radius 2 is 2.10 bits per heavy atom. The summed E-state index contributed by atoms with van der Waals surface area (Å²) in [6.07, 6.45) is 0. The number of halogens is 1. The van der Waals surface area contributed by atoms with Gasteiger partial charge in [0.25, 0.3) is 0 Å². The summed E-state index contributed by atoms with van der Waals surface area (Å²) in [4.78, 5) is 11.1. The first-order valence-electron chi connectivity index (χ1n) is 6.00. The van der Waals surface area contributed by atoms with E-state index in [4.69, 9.17) is 9.84 Å². The van der Waals surface area contributed by atoms with E-state index in [1.54, 1.807) is 7.11 Å². The number of nitrogens with one attached hydrogen (secondary N) is 1. The first-order chi connectivity index (χ1) is 9.60. The number of carboxylic acids is 1. The lowest BCUT2D eigenvalue weighted by molar-refractivity contribution is 0.0697. The predicted octanol–water partition coefficient (Wildman–Crippen LogP) is 3.14. The van der Waals surface area contributed by atoms with Crippen LogP contribution in [0.1, 0.15) is 15.9 Å². The molecule has 4 nitrogen and oxygen atoms in total. The molecule has 0 aliphatic rings. The minimum Gasteiger partial charge on any atom is -0.497 e. The van der Waals surface area contributed by atoms with Crippen LogP contribution in [0, 0.1) is 5.82 Å². The molecule has 2 aromatic carbocycles. The first kappa shape index (κ1) is 13.9. The third kappa shape index (κ3) is 3.26. The van der Waals surface area contributed by atoms with Crippen molar-refractivity contribution in [3.8, 4) is 5.75 Å². The van der Waals surface area contributed by atoms with E-state index in [0.29, 0.717) is 12.2 Å². The zero-order valence-electron chi connectivity index (χ0n) is 10.9. The Morgan fingerprint density at radius 3 is 2.80 bits per heavy atom. The molecule has 2 rings (SSSR count). The largest absolute Gasteiger partial charge is 0.497 e. The lowest BCUT2D eigenvalue weighted by atomic mass is 10.1. The summed E-state index contributed by atoms with van der Waals surface area (Å²) >= 11 is 0. The number of ether oxygens (including phenoxy) is 1. The van der Waals surface area contributed by atoms with Gasteiger partial charge in [-0.2, -0.15) is 0 Å². The van der Waals surface area contributed by atoms with E-state index < -0.39 is 11.8 Å². The molecule has 20 heavy (non-hydrogen) atoms. The lowest BCUT2D eigenvalue weighted by Crippen LogP contribution is -2.07. The van der Waals surface area contributed by atoms with Gasteiger partial charge < -0.3 is 15.2 Å². The summed E-state index contributed by atoms with van der Waals surface area (Å²) in [6, 6.07) is 11.0. The van der Waals surface area contributed by atoms with E-state index in [2.05, 4.69) is 5.32 Å². The molecule has 0 heterocycles. The standard InChI is InChI=1S/C15H14FNO3/c1-20-12-4-2-3-10(7-12)9-17-14-6-5-11(16)8-13(14)15(18)19/h2-8,17H,9H2,1H3,(H,18,19). The van der Waals surface area contributed by atoms with E-state index >= 15 is 0 Å². The Kier molecular flexibility index (Phi) is 4.20. The van der Waals surface area contributed by atoms with Gasteiger partial charge in [-0.3, -0.25) is 0 Å². The van der Waals surface area contributed by atoms with E-state index in [0.717, 1.165) is 17.4 Å². The van der Waals surface area contributed by atoms with Crippen molar-refractivity contribution in [3.05, 3.63) is 59.4 Å². The number of methoxy groups -OCH3 is 1. The number of rotatable bonds is 5. The number of benzene rings is 2. The molecule has 0 saturated heterocycles. The normalized spacial score (nSPS) is 10.1. The zero-order chi connectivity index (χ0) is 14.5. The third-order valence-electron chi connectivity index (χ3n) is 2.83. The molecule has 5 heteroatoms. The molecule has 0 radical (unpaired) electrons. The Bertz CT molecular complexity index is 628. The Balaban J connectivity index is 2.16. The summed E-state index contributed by atoms with van der Waals surface area (Å²) in [6.45, 7) is 0.420. The Labute approximate surface area is 115 Å². The summed E-state index contributed by atoms with van der Waals surface area (Å²) in [5.41, 5.74) is 1.22. The molecule has 0 saturated carbocycles. The quantitative estimate of drug-likeness (QED) is 0.880. The van der Waals surface area contributed by atoms with E-state index in [1.807, 2.05) is 24.3 Å². The maximum atomic E-state index is 13.1. The van der Waals surface area contributed by atoms with Crippen molar-refractivity contribution in [1.29, 1.82) is 0 Å². The fourth-order valence-corrected chi connectivity index (χ4v) is 1.83. The van der Waals surface area contributed by atoms with Gasteiger partial charge in [0.1, 0.15) is 11.6 Å². The fourth-order valence-electron chi connectivity index (χ4n) is 1.83. The van der Waals surface area contributed by atoms with Crippen molar-refractivity contribution in [3.63, 3.8) is 0 Å². The summed E-state index contributed by atoms with van der Waals surface area (Å²) < 4.78 is 18.2. The SMILES string of the molecule is COc1cccc(CNc2ccc(F)cc2C(=O)O)c1. The molecule has 0 fully saturated rings. The highest BCUT2D eigenvalue weighted by Crippen LogP contribution is 2.19. The second-order valence-electron chi connectivity index (χ2n) is 4.20. The van der Waals surface area contributed by atoms with Gasteiger partial charge in [0.15, 0.2) is 0 Å². The number of anilines is 1. The average molecular weight is 275 g/mol. The van der Waals surface area contributed by atoms with Crippen LogP contribution in [0.15, 0.2) is 42.5 Å². The van der Waals surface area contributed by atoms with Crippen LogP contribution < -0.4 is 10.1 Å². The number of aromatic carboxylic acids is 1. The molecule has 2 aromatic rings. The fraction of sp³-hybridized carbons (Fsp3) is 0.133. The van der Waals surface area contributed by atoms with Crippen LogP contribution >= 0.6 is 0 Å². The maximum Gasteiger partial charge on any atom is 0.337 e. The first-order valence-corrected chi connectivity index (χ1v) is 6.00. The average Bonchev–Trinajstić information content (AvgIpc) is 2.46. The molecular weight excluding hydrogens is 261 g/mol. The molecule has 0 spiro atoms. The van der Waals surface area contributed by atoms with Gasteiger partial charge in [-0.25, -0.2) is 9.18 Å².